The molecule has 138 valence electrons. The summed E-state index contributed by atoms with van der Waals surface area (Å²) in [6.45, 7) is 3.78. The van der Waals surface area contributed by atoms with Crippen LogP contribution >= 0.6 is 0 Å². The summed E-state index contributed by atoms with van der Waals surface area (Å²) in [7, 11) is 0. The van der Waals surface area contributed by atoms with Crippen molar-refractivity contribution in [3.63, 3.8) is 0 Å². The van der Waals surface area contributed by atoms with Crippen LogP contribution in [0.3, 0.4) is 0 Å². The number of unbranched alkanes of at least 4 members (excludes halogenated alkanes) is 2. The molecule has 6 nitrogen and oxygen atoms in total. The van der Waals surface area contributed by atoms with Crippen LogP contribution in [0, 0.1) is 6.92 Å². The second-order valence-electron chi connectivity index (χ2n) is 6.13. The van der Waals surface area contributed by atoms with Gasteiger partial charge in [0.15, 0.2) is 0 Å². The summed E-state index contributed by atoms with van der Waals surface area (Å²) < 4.78 is 0. The molecular weight excluding hydrogens is 328 g/mol. The van der Waals surface area contributed by atoms with Crippen molar-refractivity contribution >= 4 is 11.9 Å². The lowest BCUT2D eigenvalue weighted by Crippen LogP contribution is -2.35. The molecule has 2 aromatic rings. The van der Waals surface area contributed by atoms with Crippen LogP contribution in [-0.2, 0) is 6.54 Å². The smallest absolute Gasteiger partial charge is 0.315 e. The van der Waals surface area contributed by atoms with Crippen LogP contribution in [0.15, 0.2) is 48.7 Å². The Bertz CT molecular complexity index is 687. The lowest BCUT2D eigenvalue weighted by Gasteiger charge is -2.08. The molecule has 0 bridgehead atoms. The zero-order chi connectivity index (χ0) is 18.6. The molecular formula is C20H26N4O2. The quantitative estimate of drug-likeness (QED) is 0.606. The first-order valence-electron chi connectivity index (χ1n) is 8.91. The predicted octanol–water partition coefficient (Wildman–Crippen LogP) is 2.79. The van der Waals surface area contributed by atoms with Crippen LogP contribution in [0.1, 0.15) is 40.9 Å². The van der Waals surface area contributed by atoms with Gasteiger partial charge in [-0.2, -0.15) is 0 Å². The third-order valence-corrected chi connectivity index (χ3v) is 3.90. The summed E-state index contributed by atoms with van der Waals surface area (Å²) >= 11 is 0. The van der Waals surface area contributed by atoms with E-state index in [-0.39, 0.29) is 11.9 Å². The Labute approximate surface area is 154 Å². The van der Waals surface area contributed by atoms with Gasteiger partial charge >= 0.3 is 6.03 Å². The second-order valence-corrected chi connectivity index (χ2v) is 6.13. The van der Waals surface area contributed by atoms with Gasteiger partial charge in [-0.25, -0.2) is 4.79 Å². The molecule has 2 rings (SSSR count). The Morgan fingerprint density at radius 3 is 2.31 bits per heavy atom. The molecule has 0 aliphatic carbocycles. The minimum Gasteiger partial charge on any atom is -0.351 e. The molecule has 0 fully saturated rings. The number of amides is 3. The number of carbonyl (C=O) groups excluding carboxylic acids is 2. The van der Waals surface area contributed by atoms with Crippen LogP contribution in [0.5, 0.6) is 0 Å². The van der Waals surface area contributed by atoms with Crippen molar-refractivity contribution < 1.29 is 9.59 Å². The Hall–Kier alpha value is -2.89. The highest BCUT2D eigenvalue weighted by Gasteiger charge is 2.04. The molecule has 3 amide bonds. The minimum absolute atomic E-state index is 0.154. The summed E-state index contributed by atoms with van der Waals surface area (Å²) in [5.74, 6) is -0.154. The highest BCUT2D eigenvalue weighted by atomic mass is 16.2. The third kappa shape index (κ3) is 7.34. The van der Waals surface area contributed by atoms with Crippen LogP contribution < -0.4 is 16.0 Å². The average Bonchev–Trinajstić information content (AvgIpc) is 2.67. The molecule has 0 saturated carbocycles. The number of aryl methyl sites for hydroxylation is 1. The van der Waals surface area contributed by atoms with E-state index in [0.717, 1.165) is 24.8 Å². The van der Waals surface area contributed by atoms with Gasteiger partial charge < -0.3 is 16.0 Å². The van der Waals surface area contributed by atoms with Crippen LogP contribution in [0.25, 0.3) is 0 Å². The normalized spacial score (nSPS) is 10.2. The lowest BCUT2D eigenvalue weighted by molar-refractivity contribution is 0.0948. The summed E-state index contributed by atoms with van der Waals surface area (Å²) in [6.07, 6.45) is 4.27. The molecule has 0 radical (unpaired) electrons. The number of nitrogens with one attached hydrogen (secondary N) is 3. The monoisotopic (exact) mass is 354 g/mol. The second kappa shape index (κ2) is 10.9. The Kier molecular flexibility index (Phi) is 8.12. The first-order valence-corrected chi connectivity index (χ1v) is 8.91. The van der Waals surface area contributed by atoms with Gasteiger partial charge in [-0.15, -0.1) is 0 Å². The maximum atomic E-state index is 11.8. The molecule has 1 heterocycles. The fourth-order valence-electron chi connectivity index (χ4n) is 2.37. The number of nitrogens with zero attached hydrogens (tertiary/aromatic N) is 1. The molecule has 0 saturated heterocycles. The molecule has 3 N–H and O–H groups in total. The average molecular weight is 354 g/mol. The van der Waals surface area contributed by atoms with Crippen molar-refractivity contribution in [3.8, 4) is 0 Å². The van der Waals surface area contributed by atoms with Crippen molar-refractivity contribution in [1.82, 2.24) is 20.9 Å². The number of hydrogen-bond donors (Lipinski definition) is 3. The van der Waals surface area contributed by atoms with Crippen LogP contribution in [0.2, 0.25) is 0 Å². The van der Waals surface area contributed by atoms with E-state index in [2.05, 4.69) is 20.9 Å². The standard InChI is InChI=1S/C20H26N4O2/c1-16-8-10-17(11-9-16)15-24-20(26)23-14-5-2-4-13-22-19(25)18-7-3-6-12-21-18/h3,6-12H,2,4-5,13-15H2,1H3,(H,22,25)(H2,23,24,26). The maximum Gasteiger partial charge on any atom is 0.315 e. The van der Waals surface area contributed by atoms with Gasteiger partial charge in [-0.1, -0.05) is 35.9 Å². The van der Waals surface area contributed by atoms with E-state index in [1.54, 1.807) is 24.4 Å². The molecule has 0 aliphatic heterocycles. The number of benzene rings is 1. The zero-order valence-electron chi connectivity index (χ0n) is 15.1. The Morgan fingerprint density at radius 2 is 1.62 bits per heavy atom. The summed E-state index contributed by atoms with van der Waals surface area (Å²) in [5, 5.41) is 8.52. The molecule has 6 heteroatoms. The number of pyridine rings is 1. The molecule has 0 aliphatic rings. The van der Waals surface area contributed by atoms with Crippen molar-refractivity contribution in [2.45, 2.75) is 32.7 Å². The maximum absolute atomic E-state index is 11.8. The molecule has 1 aromatic carbocycles. The lowest BCUT2D eigenvalue weighted by atomic mass is 10.1. The van der Waals surface area contributed by atoms with Crippen molar-refractivity contribution in [2.75, 3.05) is 13.1 Å². The predicted molar refractivity (Wildman–Crippen MR) is 102 cm³/mol. The van der Waals surface area contributed by atoms with Crippen LogP contribution in [-0.4, -0.2) is 30.0 Å². The van der Waals surface area contributed by atoms with Gasteiger partial charge in [0.05, 0.1) is 0 Å². The highest BCUT2D eigenvalue weighted by Crippen LogP contribution is 2.02. The first-order chi connectivity index (χ1) is 12.6. The van der Waals surface area contributed by atoms with E-state index in [9.17, 15) is 9.59 Å². The Morgan fingerprint density at radius 1 is 0.885 bits per heavy atom. The van der Waals surface area contributed by atoms with E-state index in [1.807, 2.05) is 31.2 Å². The van der Waals surface area contributed by atoms with E-state index in [1.165, 1.54) is 5.56 Å². The SMILES string of the molecule is Cc1ccc(CNC(=O)NCCCCCNC(=O)c2ccccn2)cc1. The highest BCUT2D eigenvalue weighted by molar-refractivity contribution is 5.92. The third-order valence-electron chi connectivity index (χ3n) is 3.90. The van der Waals surface area contributed by atoms with Gasteiger partial charge in [0.25, 0.3) is 5.91 Å². The number of urea groups is 1. The topological polar surface area (TPSA) is 83.1 Å². The number of aromatic nitrogens is 1. The van der Waals surface area contributed by atoms with E-state index in [4.69, 9.17) is 0 Å². The molecule has 0 spiro atoms. The minimum atomic E-state index is -0.158. The van der Waals surface area contributed by atoms with Crippen molar-refractivity contribution in [2.24, 2.45) is 0 Å². The number of rotatable bonds is 9. The van der Waals surface area contributed by atoms with E-state index in [0.29, 0.717) is 25.3 Å². The van der Waals surface area contributed by atoms with E-state index < -0.39 is 0 Å². The van der Waals surface area contributed by atoms with Gasteiger partial charge in [-0.05, 0) is 43.9 Å². The van der Waals surface area contributed by atoms with Gasteiger partial charge in [0.1, 0.15) is 5.69 Å². The molecule has 0 atom stereocenters. The summed E-state index contributed by atoms with van der Waals surface area (Å²) in [6, 6.07) is 13.2. The summed E-state index contributed by atoms with van der Waals surface area (Å²) in [5.41, 5.74) is 2.71. The van der Waals surface area contributed by atoms with E-state index >= 15 is 0 Å². The fraction of sp³-hybridized carbons (Fsp3) is 0.350. The summed E-state index contributed by atoms with van der Waals surface area (Å²) in [4.78, 5) is 27.5. The largest absolute Gasteiger partial charge is 0.351 e. The number of hydrogen-bond acceptors (Lipinski definition) is 3. The van der Waals surface area contributed by atoms with Crippen LogP contribution in [0.4, 0.5) is 4.79 Å². The molecule has 0 unspecified atom stereocenters. The Balaban J connectivity index is 1.48. The van der Waals surface area contributed by atoms with Gasteiger partial charge in [0, 0.05) is 25.8 Å². The first kappa shape index (κ1) is 19.4. The van der Waals surface area contributed by atoms with Gasteiger partial charge in [0.2, 0.25) is 0 Å². The fourth-order valence-corrected chi connectivity index (χ4v) is 2.37. The van der Waals surface area contributed by atoms with Crippen molar-refractivity contribution in [3.05, 3.63) is 65.5 Å². The molecule has 26 heavy (non-hydrogen) atoms. The zero-order valence-corrected chi connectivity index (χ0v) is 15.1. The van der Waals surface area contributed by atoms with Gasteiger partial charge in [-0.3, -0.25) is 9.78 Å². The van der Waals surface area contributed by atoms with Crippen molar-refractivity contribution in [1.29, 1.82) is 0 Å². The molecule has 1 aromatic heterocycles. The number of carbonyl (C=O) groups is 2.